The Balaban J connectivity index is 1.42. The van der Waals surface area contributed by atoms with Crippen LogP contribution in [-0.2, 0) is 17.6 Å². The molecule has 0 unspecified atom stereocenters. The number of imidazole rings is 1. The molecule has 37 heavy (non-hydrogen) atoms. The van der Waals surface area contributed by atoms with E-state index in [-0.39, 0.29) is 41.2 Å². The van der Waals surface area contributed by atoms with Gasteiger partial charge >= 0.3 is 0 Å². The molecule has 0 amide bonds. The highest BCUT2D eigenvalue weighted by atomic mass is 19.2. The first kappa shape index (κ1) is 24.3. The molecule has 0 aliphatic rings. The third-order valence-corrected chi connectivity index (χ3v) is 6.22. The Morgan fingerprint density at radius 2 is 1.81 bits per heavy atom. The maximum atomic E-state index is 14.8. The van der Waals surface area contributed by atoms with Gasteiger partial charge in [-0.2, -0.15) is 4.39 Å². The zero-order valence-electron chi connectivity index (χ0n) is 19.7. The summed E-state index contributed by atoms with van der Waals surface area (Å²) in [7, 11) is 0. The smallest absolute Gasteiger partial charge is 0.203 e. The van der Waals surface area contributed by atoms with E-state index in [9.17, 15) is 22.4 Å². The van der Waals surface area contributed by atoms with E-state index >= 15 is 0 Å². The standard InChI is InChI=1S/C28H21F4N3O2/c1-15-20-9-10-33-26(20)24(31)25(32)27(15)37-19-7-8-22(29)21(13-19)28-34-14-18(35-28)12-17-5-2-4-16(23(17)30)6-3-11-36/h2,4-5,7-11,13-14,33H,3,6,12H2,1H3,(H,34,35). The summed E-state index contributed by atoms with van der Waals surface area (Å²) in [6, 6.07) is 10.4. The molecule has 0 saturated carbocycles. The van der Waals surface area contributed by atoms with Crippen LogP contribution in [0.5, 0.6) is 11.5 Å². The van der Waals surface area contributed by atoms with Gasteiger partial charge in [-0.05, 0) is 48.7 Å². The van der Waals surface area contributed by atoms with Crippen LogP contribution < -0.4 is 4.74 Å². The van der Waals surface area contributed by atoms with Crippen molar-refractivity contribution in [3.63, 3.8) is 0 Å². The average Bonchev–Trinajstić information content (AvgIpc) is 3.57. The number of fused-ring (bicyclic) bond motifs is 1. The van der Waals surface area contributed by atoms with Crippen molar-refractivity contribution in [2.45, 2.75) is 26.2 Å². The summed E-state index contributed by atoms with van der Waals surface area (Å²) in [5, 5.41) is 0.467. The van der Waals surface area contributed by atoms with Crippen LogP contribution in [0.15, 0.2) is 54.9 Å². The van der Waals surface area contributed by atoms with Crippen LogP contribution in [0.3, 0.4) is 0 Å². The van der Waals surface area contributed by atoms with Gasteiger partial charge in [0.05, 0.1) is 11.1 Å². The van der Waals surface area contributed by atoms with Gasteiger partial charge < -0.3 is 19.5 Å². The fourth-order valence-corrected chi connectivity index (χ4v) is 4.32. The molecule has 0 saturated heterocycles. The van der Waals surface area contributed by atoms with Gasteiger partial charge in [0.15, 0.2) is 11.6 Å². The van der Waals surface area contributed by atoms with Gasteiger partial charge in [0.1, 0.15) is 29.5 Å². The lowest BCUT2D eigenvalue weighted by molar-refractivity contribution is -0.107. The Labute approximate surface area is 209 Å². The van der Waals surface area contributed by atoms with Gasteiger partial charge in [0, 0.05) is 41.9 Å². The minimum atomic E-state index is -1.16. The number of hydrogen-bond donors (Lipinski definition) is 2. The lowest BCUT2D eigenvalue weighted by Gasteiger charge is -2.13. The van der Waals surface area contributed by atoms with E-state index in [1.54, 1.807) is 31.2 Å². The number of halogens is 4. The first-order valence-corrected chi connectivity index (χ1v) is 11.5. The molecule has 2 heterocycles. The normalized spacial score (nSPS) is 11.3. The lowest BCUT2D eigenvalue weighted by Crippen LogP contribution is -1.99. The summed E-state index contributed by atoms with van der Waals surface area (Å²) in [4.78, 5) is 20.5. The molecular formula is C28H21F4N3O2. The van der Waals surface area contributed by atoms with Crippen molar-refractivity contribution in [1.82, 2.24) is 15.0 Å². The number of aryl methyl sites for hydroxylation is 2. The second kappa shape index (κ2) is 9.93. The van der Waals surface area contributed by atoms with Crippen LogP contribution in [0.1, 0.15) is 28.8 Å². The Kier molecular flexibility index (Phi) is 6.52. The Morgan fingerprint density at radius 1 is 1.00 bits per heavy atom. The van der Waals surface area contributed by atoms with Crippen LogP contribution in [-0.4, -0.2) is 21.2 Å². The molecule has 5 aromatic rings. The minimum absolute atomic E-state index is 0.0379. The zero-order valence-corrected chi connectivity index (χ0v) is 19.7. The van der Waals surface area contributed by atoms with Gasteiger partial charge in [-0.15, -0.1) is 0 Å². The highest BCUT2D eigenvalue weighted by Gasteiger charge is 2.21. The number of carbonyl (C=O) groups is 1. The van der Waals surface area contributed by atoms with Crippen LogP contribution >= 0.6 is 0 Å². The highest BCUT2D eigenvalue weighted by molar-refractivity contribution is 5.86. The number of ether oxygens (including phenoxy) is 1. The van der Waals surface area contributed by atoms with Gasteiger partial charge in [0.2, 0.25) is 5.82 Å². The third-order valence-electron chi connectivity index (χ3n) is 6.22. The summed E-state index contributed by atoms with van der Waals surface area (Å²) in [6.45, 7) is 1.60. The molecule has 3 aromatic carbocycles. The van der Waals surface area contributed by atoms with Crippen molar-refractivity contribution in [2.24, 2.45) is 0 Å². The van der Waals surface area contributed by atoms with E-state index in [1.807, 2.05) is 0 Å². The predicted molar refractivity (Wildman–Crippen MR) is 131 cm³/mol. The largest absolute Gasteiger partial charge is 0.454 e. The molecule has 0 atom stereocenters. The second-order valence-corrected chi connectivity index (χ2v) is 8.62. The van der Waals surface area contributed by atoms with Gasteiger partial charge in [0.25, 0.3) is 0 Å². The molecule has 2 N–H and O–H groups in total. The lowest BCUT2D eigenvalue weighted by atomic mass is 10.0. The molecule has 5 nitrogen and oxygen atoms in total. The van der Waals surface area contributed by atoms with Crippen LogP contribution in [0, 0.1) is 30.2 Å². The van der Waals surface area contributed by atoms with E-state index in [2.05, 4.69) is 15.0 Å². The number of nitrogens with zero attached hydrogens (tertiary/aromatic N) is 1. The molecular weight excluding hydrogens is 486 g/mol. The van der Waals surface area contributed by atoms with Crippen molar-refractivity contribution < 1.29 is 27.1 Å². The Bertz CT molecular complexity index is 1620. The fraction of sp³-hybridized carbons (Fsp3) is 0.143. The molecule has 0 aliphatic heterocycles. The van der Waals surface area contributed by atoms with Crippen molar-refractivity contribution in [2.75, 3.05) is 0 Å². The molecule has 0 fully saturated rings. The second-order valence-electron chi connectivity index (χ2n) is 8.62. The predicted octanol–water partition coefficient (Wildman–Crippen LogP) is 6.94. The summed E-state index contributed by atoms with van der Waals surface area (Å²) < 4.78 is 64.4. The zero-order chi connectivity index (χ0) is 26.1. The summed E-state index contributed by atoms with van der Waals surface area (Å²) >= 11 is 0. The maximum Gasteiger partial charge on any atom is 0.203 e. The van der Waals surface area contributed by atoms with E-state index in [4.69, 9.17) is 4.74 Å². The van der Waals surface area contributed by atoms with E-state index in [0.717, 1.165) is 12.4 Å². The quantitative estimate of drug-likeness (QED) is 0.177. The molecule has 0 aliphatic carbocycles. The van der Waals surface area contributed by atoms with Crippen molar-refractivity contribution in [3.8, 4) is 22.9 Å². The number of aldehydes is 1. The van der Waals surface area contributed by atoms with E-state index < -0.39 is 23.3 Å². The van der Waals surface area contributed by atoms with Gasteiger partial charge in [-0.25, -0.2) is 18.2 Å². The number of nitrogens with one attached hydrogen (secondary N) is 2. The highest BCUT2D eigenvalue weighted by Crippen LogP contribution is 2.37. The summed E-state index contributed by atoms with van der Waals surface area (Å²) in [5.74, 6) is -3.28. The molecule has 0 spiro atoms. The van der Waals surface area contributed by atoms with Crippen LogP contribution in [0.25, 0.3) is 22.3 Å². The monoisotopic (exact) mass is 507 g/mol. The SMILES string of the molecule is Cc1c(Oc2ccc(F)c(-c3ncc(Cc4cccc(CCC=O)c4F)[nH]3)c2)c(F)c(F)c2[nH]ccc12. The number of rotatable bonds is 8. The molecule has 2 aromatic heterocycles. The molecule has 0 bridgehead atoms. The number of hydrogen-bond acceptors (Lipinski definition) is 3. The summed E-state index contributed by atoms with van der Waals surface area (Å²) in [6.07, 6.45) is 4.41. The van der Waals surface area contributed by atoms with Crippen LogP contribution in [0.4, 0.5) is 17.6 Å². The topological polar surface area (TPSA) is 70.8 Å². The molecule has 9 heteroatoms. The van der Waals surface area contributed by atoms with Crippen molar-refractivity contribution >= 4 is 17.2 Å². The Morgan fingerprint density at radius 3 is 2.62 bits per heavy atom. The first-order chi connectivity index (χ1) is 17.9. The number of aromatic nitrogens is 3. The van der Waals surface area contributed by atoms with Crippen LogP contribution in [0.2, 0.25) is 0 Å². The molecule has 188 valence electrons. The third kappa shape index (κ3) is 4.60. The van der Waals surface area contributed by atoms with Crippen molar-refractivity contribution in [3.05, 3.63) is 101 Å². The minimum Gasteiger partial charge on any atom is -0.454 e. The summed E-state index contributed by atoms with van der Waals surface area (Å²) in [5.41, 5.74) is 1.86. The number of carbonyl (C=O) groups excluding carboxylic acids is 1. The fourth-order valence-electron chi connectivity index (χ4n) is 4.32. The van der Waals surface area contributed by atoms with Gasteiger partial charge in [-0.3, -0.25) is 0 Å². The average molecular weight is 507 g/mol. The van der Waals surface area contributed by atoms with E-state index in [0.29, 0.717) is 34.2 Å². The molecule has 0 radical (unpaired) electrons. The van der Waals surface area contributed by atoms with Gasteiger partial charge in [-0.1, -0.05) is 18.2 Å². The molecule has 5 rings (SSSR count). The maximum absolute atomic E-state index is 14.8. The first-order valence-electron chi connectivity index (χ1n) is 11.5. The number of benzene rings is 3. The number of aromatic amines is 2. The number of H-pyrrole nitrogens is 2. The Hall–Kier alpha value is -4.40. The van der Waals surface area contributed by atoms with E-state index in [1.165, 1.54) is 24.5 Å². The van der Waals surface area contributed by atoms with Crippen molar-refractivity contribution in [1.29, 1.82) is 0 Å².